The highest BCUT2D eigenvalue weighted by atomic mass is 15.2. The van der Waals surface area contributed by atoms with Crippen LogP contribution >= 0.6 is 0 Å². The zero-order valence-electron chi connectivity index (χ0n) is 15.8. The number of rotatable bonds is 3. The molecule has 3 heterocycles. The first kappa shape index (κ1) is 16.3. The fourth-order valence-electron chi connectivity index (χ4n) is 4.31. The van der Waals surface area contributed by atoms with Gasteiger partial charge in [-0.05, 0) is 30.5 Å². The van der Waals surface area contributed by atoms with Gasteiger partial charge in [-0.15, -0.1) is 0 Å². The Hall–Kier alpha value is -2.88. The van der Waals surface area contributed by atoms with Crippen molar-refractivity contribution in [2.24, 2.45) is 0 Å². The second kappa shape index (κ2) is 6.69. The Balaban J connectivity index is 1.57. The largest absolute Gasteiger partial charge is 0.359 e. The fraction of sp³-hybridized carbons (Fsp3) is 0.304. The van der Waals surface area contributed by atoms with Crippen molar-refractivity contribution in [1.82, 2.24) is 4.98 Å². The van der Waals surface area contributed by atoms with E-state index in [-0.39, 0.29) is 0 Å². The molecule has 1 N–H and O–H groups in total. The number of fused-ring (bicyclic) bond motifs is 2. The molecule has 0 amide bonds. The number of likely N-dealkylation sites (N-methyl/N-ethyl adjacent to an activating group) is 1. The van der Waals surface area contributed by atoms with Crippen molar-refractivity contribution in [3.8, 4) is 0 Å². The van der Waals surface area contributed by atoms with E-state index in [4.69, 9.17) is 4.98 Å². The molecule has 0 radical (unpaired) electrons. The minimum Gasteiger partial charge on any atom is -0.359 e. The number of hydrogen-bond donors (Lipinski definition) is 1. The topological polar surface area (TPSA) is 31.2 Å². The second-order valence-electron chi connectivity index (χ2n) is 7.56. The minimum absolute atomic E-state index is 0.967. The van der Waals surface area contributed by atoms with Gasteiger partial charge in [-0.1, -0.05) is 42.5 Å². The number of para-hydroxylation sites is 1. The molecule has 5 rings (SSSR count). The number of nitrogens with one attached hydrogen (secondary N) is 1. The monoisotopic (exact) mass is 357 g/mol. The van der Waals surface area contributed by atoms with Gasteiger partial charge in [0.05, 0.1) is 18.5 Å². The van der Waals surface area contributed by atoms with Crippen LogP contribution < -0.4 is 10.2 Å². The second-order valence-corrected chi connectivity index (χ2v) is 7.56. The van der Waals surface area contributed by atoms with Crippen molar-refractivity contribution in [2.45, 2.75) is 25.8 Å². The van der Waals surface area contributed by atoms with Gasteiger partial charge in [0.1, 0.15) is 18.1 Å². The summed E-state index contributed by atoms with van der Waals surface area (Å²) < 4.78 is 2.50. The van der Waals surface area contributed by atoms with Crippen LogP contribution in [0.1, 0.15) is 24.0 Å². The molecule has 0 aliphatic carbocycles. The molecule has 0 fully saturated rings. The van der Waals surface area contributed by atoms with Crippen molar-refractivity contribution in [3.63, 3.8) is 0 Å². The van der Waals surface area contributed by atoms with Crippen molar-refractivity contribution in [3.05, 3.63) is 65.7 Å². The average Bonchev–Trinajstić information content (AvgIpc) is 3.29. The van der Waals surface area contributed by atoms with Crippen LogP contribution in [0, 0.1) is 0 Å². The third-order valence-electron chi connectivity index (χ3n) is 5.74. The predicted molar refractivity (Wildman–Crippen MR) is 112 cm³/mol. The van der Waals surface area contributed by atoms with Gasteiger partial charge in [0.2, 0.25) is 5.84 Å². The minimum atomic E-state index is 0.967. The molecule has 3 aromatic rings. The predicted octanol–water partition coefficient (Wildman–Crippen LogP) is 4.04. The van der Waals surface area contributed by atoms with Crippen LogP contribution in [0.2, 0.25) is 0 Å². The van der Waals surface area contributed by atoms with Gasteiger partial charge >= 0.3 is 0 Å². The molecule has 0 saturated heterocycles. The Morgan fingerprint density at radius 2 is 1.85 bits per heavy atom. The fourth-order valence-corrected chi connectivity index (χ4v) is 4.31. The van der Waals surface area contributed by atoms with Crippen LogP contribution in [0.4, 0.5) is 11.5 Å². The number of nitrogens with zero attached hydrogens (tertiary/aromatic N) is 3. The Morgan fingerprint density at radius 1 is 1.04 bits per heavy atom. The van der Waals surface area contributed by atoms with E-state index in [1.54, 1.807) is 0 Å². The molecule has 136 valence electrons. The lowest BCUT2D eigenvalue weighted by molar-refractivity contribution is -0.536. The van der Waals surface area contributed by atoms with Crippen LogP contribution in [-0.2, 0) is 13.0 Å². The Labute approximate surface area is 160 Å². The number of aromatic nitrogens is 1. The van der Waals surface area contributed by atoms with E-state index >= 15 is 0 Å². The van der Waals surface area contributed by atoms with E-state index in [2.05, 4.69) is 76.4 Å². The molecular weight excluding hydrogens is 332 g/mol. The van der Waals surface area contributed by atoms with E-state index in [9.17, 15) is 0 Å². The number of pyridine rings is 1. The molecule has 0 spiro atoms. The molecular formula is C23H25N4+. The first-order chi connectivity index (χ1) is 13.3. The number of benzene rings is 2. The van der Waals surface area contributed by atoms with Gasteiger partial charge in [0, 0.05) is 24.5 Å². The summed E-state index contributed by atoms with van der Waals surface area (Å²) in [6.07, 6.45) is 3.37. The van der Waals surface area contributed by atoms with Gasteiger partial charge in [0.15, 0.2) is 0 Å². The highest BCUT2D eigenvalue weighted by molar-refractivity contribution is 6.04. The number of hydrogen-bond acceptors (Lipinski definition) is 3. The Morgan fingerprint density at radius 3 is 2.74 bits per heavy atom. The van der Waals surface area contributed by atoms with E-state index in [0.29, 0.717) is 0 Å². The molecule has 0 atom stereocenters. The SMILES string of the molecule is CN1CCc2c1nc1ccccc1c2NC1=[N+](Cc2ccccc2)CCC1. The lowest BCUT2D eigenvalue weighted by atomic mass is 10.1. The van der Waals surface area contributed by atoms with Crippen LogP contribution in [0.5, 0.6) is 0 Å². The van der Waals surface area contributed by atoms with Gasteiger partial charge in [-0.3, -0.25) is 4.58 Å². The maximum Gasteiger partial charge on any atom is 0.250 e. The number of amidine groups is 1. The lowest BCUT2D eigenvalue weighted by Gasteiger charge is -2.14. The normalized spacial score (nSPS) is 16.3. The van der Waals surface area contributed by atoms with Gasteiger partial charge < -0.3 is 4.90 Å². The van der Waals surface area contributed by atoms with Gasteiger partial charge in [0.25, 0.3) is 0 Å². The summed E-state index contributed by atoms with van der Waals surface area (Å²) in [5.41, 5.74) is 5.05. The molecule has 2 aromatic carbocycles. The molecule has 27 heavy (non-hydrogen) atoms. The van der Waals surface area contributed by atoms with Gasteiger partial charge in [-0.25, -0.2) is 10.3 Å². The quantitative estimate of drug-likeness (QED) is 0.718. The van der Waals surface area contributed by atoms with Gasteiger partial charge in [-0.2, -0.15) is 0 Å². The first-order valence-electron chi connectivity index (χ1n) is 9.84. The maximum atomic E-state index is 4.92. The molecule has 4 nitrogen and oxygen atoms in total. The zero-order valence-corrected chi connectivity index (χ0v) is 15.8. The average molecular weight is 357 g/mol. The highest BCUT2D eigenvalue weighted by Crippen LogP contribution is 2.37. The number of anilines is 2. The van der Waals surface area contributed by atoms with Crippen LogP contribution in [-0.4, -0.2) is 35.5 Å². The summed E-state index contributed by atoms with van der Waals surface area (Å²) in [5.74, 6) is 2.47. The third kappa shape index (κ3) is 2.95. The highest BCUT2D eigenvalue weighted by Gasteiger charge is 2.28. The lowest BCUT2D eigenvalue weighted by Crippen LogP contribution is -2.22. The zero-order chi connectivity index (χ0) is 18.2. The maximum absolute atomic E-state index is 4.92. The smallest absolute Gasteiger partial charge is 0.250 e. The standard InChI is InChI=1S/C23H24N4/c1-26-15-13-19-22(18-10-5-6-11-20(18)24-23(19)26)25-21-12-7-14-27(21)16-17-8-3-2-4-9-17/h2-6,8-11H,7,12-16H2,1H3/p+1. The first-order valence-corrected chi connectivity index (χ1v) is 9.84. The molecule has 2 aliphatic heterocycles. The molecule has 0 bridgehead atoms. The summed E-state index contributed by atoms with van der Waals surface area (Å²) in [7, 11) is 2.14. The summed E-state index contributed by atoms with van der Waals surface area (Å²) in [4.78, 5) is 7.19. The summed E-state index contributed by atoms with van der Waals surface area (Å²) in [6, 6.07) is 19.3. The molecule has 0 unspecified atom stereocenters. The third-order valence-corrected chi connectivity index (χ3v) is 5.74. The van der Waals surface area contributed by atoms with Crippen LogP contribution in [0.15, 0.2) is 54.6 Å². The molecule has 1 aromatic heterocycles. The van der Waals surface area contributed by atoms with Crippen LogP contribution in [0.25, 0.3) is 10.9 Å². The van der Waals surface area contributed by atoms with Crippen molar-refractivity contribution >= 4 is 28.2 Å². The van der Waals surface area contributed by atoms with Crippen molar-refractivity contribution in [1.29, 1.82) is 0 Å². The molecule has 4 heteroatoms. The van der Waals surface area contributed by atoms with Crippen LogP contribution in [0.3, 0.4) is 0 Å². The Kier molecular flexibility index (Phi) is 4.04. The van der Waals surface area contributed by atoms with E-state index in [1.807, 2.05) is 0 Å². The van der Waals surface area contributed by atoms with E-state index in [0.717, 1.165) is 43.8 Å². The summed E-state index contributed by atoms with van der Waals surface area (Å²) >= 11 is 0. The Bertz CT molecular complexity index is 1020. The molecule has 0 saturated carbocycles. The van der Waals surface area contributed by atoms with Crippen molar-refractivity contribution < 1.29 is 4.58 Å². The van der Waals surface area contributed by atoms with E-state index < -0.39 is 0 Å². The summed E-state index contributed by atoms with van der Waals surface area (Å²) in [5, 5.41) is 5.08. The molecule has 2 aliphatic rings. The van der Waals surface area contributed by atoms with E-state index in [1.165, 1.54) is 34.5 Å². The van der Waals surface area contributed by atoms with Crippen molar-refractivity contribution in [2.75, 3.05) is 30.4 Å². The summed E-state index contributed by atoms with van der Waals surface area (Å²) in [6.45, 7) is 3.12.